The topological polar surface area (TPSA) is 18.5 Å². The average molecular weight is 571 g/mol. The SMILES string of the molecule is COc1cc[c]([Bi]([Cl])([Cl])([c]2ccccc2)[c]2ccc(OC)cc2)cc1. The van der Waals surface area contributed by atoms with E-state index >= 15 is 0 Å². The number of methoxy groups -OCH3 is 2. The molecule has 0 fully saturated rings. The molecule has 2 nitrogen and oxygen atoms in total. The Morgan fingerprint density at radius 1 is 0.560 bits per heavy atom. The minimum atomic E-state index is -4.79. The summed E-state index contributed by atoms with van der Waals surface area (Å²) in [5, 5.41) is 0. The van der Waals surface area contributed by atoms with Crippen molar-refractivity contribution in [3.63, 3.8) is 0 Å². The Labute approximate surface area is 156 Å². The molecule has 0 amide bonds. The summed E-state index contributed by atoms with van der Waals surface area (Å²) >= 11 is -4.79. The first-order chi connectivity index (χ1) is 12.0. The van der Waals surface area contributed by atoms with Gasteiger partial charge in [-0.1, -0.05) is 0 Å². The zero-order chi connectivity index (χ0) is 17.9. The van der Waals surface area contributed by atoms with Crippen molar-refractivity contribution in [3.05, 3.63) is 78.9 Å². The van der Waals surface area contributed by atoms with Gasteiger partial charge in [0.15, 0.2) is 0 Å². The molecule has 130 valence electrons. The van der Waals surface area contributed by atoms with Gasteiger partial charge in [0, 0.05) is 0 Å². The van der Waals surface area contributed by atoms with Crippen LogP contribution in [0.3, 0.4) is 0 Å². The number of halogens is 2. The van der Waals surface area contributed by atoms with Crippen molar-refractivity contribution < 1.29 is 9.47 Å². The van der Waals surface area contributed by atoms with Gasteiger partial charge in [0.1, 0.15) is 0 Å². The molecule has 3 aromatic rings. The summed E-state index contributed by atoms with van der Waals surface area (Å²) in [5.74, 6) is 1.55. The van der Waals surface area contributed by atoms with Crippen molar-refractivity contribution in [2.24, 2.45) is 0 Å². The molecule has 0 heterocycles. The van der Waals surface area contributed by atoms with E-state index in [9.17, 15) is 0 Å². The molecule has 0 aliphatic heterocycles. The fourth-order valence-corrected chi connectivity index (χ4v) is 20.2. The van der Waals surface area contributed by atoms with Crippen LogP contribution in [0.4, 0.5) is 0 Å². The minimum absolute atomic E-state index is 0.776. The van der Waals surface area contributed by atoms with Gasteiger partial charge in [-0.25, -0.2) is 0 Å². The van der Waals surface area contributed by atoms with Crippen molar-refractivity contribution in [3.8, 4) is 11.5 Å². The molecule has 3 rings (SSSR count). The van der Waals surface area contributed by atoms with Crippen LogP contribution in [0.25, 0.3) is 0 Å². The number of rotatable bonds is 5. The van der Waals surface area contributed by atoms with E-state index in [1.807, 2.05) is 78.9 Å². The van der Waals surface area contributed by atoms with Crippen LogP contribution in [0.2, 0.25) is 0 Å². The summed E-state index contributed by atoms with van der Waals surface area (Å²) in [6.07, 6.45) is 0. The third-order valence-electron chi connectivity index (χ3n) is 4.26. The molecule has 0 aliphatic rings. The van der Waals surface area contributed by atoms with Gasteiger partial charge >= 0.3 is 157 Å². The van der Waals surface area contributed by atoms with Crippen LogP contribution < -0.4 is 19.3 Å². The summed E-state index contributed by atoms with van der Waals surface area (Å²) in [7, 11) is 18.2. The van der Waals surface area contributed by atoms with Gasteiger partial charge in [0.25, 0.3) is 0 Å². The number of ether oxygens (including phenoxy) is 2. The summed E-state index contributed by atoms with van der Waals surface area (Å²) in [6.45, 7) is 0. The van der Waals surface area contributed by atoms with E-state index in [4.69, 9.17) is 26.5 Å². The Bertz CT molecular complexity index is 796. The van der Waals surface area contributed by atoms with Gasteiger partial charge in [-0.3, -0.25) is 0 Å². The molecule has 5 heteroatoms. The third-order valence-corrected chi connectivity index (χ3v) is 28.6. The normalized spacial score (nSPS) is 12.9. The van der Waals surface area contributed by atoms with Crippen molar-refractivity contribution in [1.82, 2.24) is 0 Å². The van der Waals surface area contributed by atoms with Crippen LogP contribution in [-0.2, 0) is 0 Å². The Kier molecular flexibility index (Phi) is 5.30. The predicted octanol–water partition coefficient (Wildman–Crippen LogP) is 3.60. The molecule has 25 heavy (non-hydrogen) atoms. The first-order valence-corrected chi connectivity index (χ1v) is 21.6. The van der Waals surface area contributed by atoms with E-state index in [-0.39, 0.29) is 0 Å². The molecule has 0 radical (unpaired) electrons. The Hall–Kier alpha value is -1.28. The van der Waals surface area contributed by atoms with Crippen molar-refractivity contribution in [1.29, 1.82) is 0 Å². The number of hydrogen-bond acceptors (Lipinski definition) is 2. The fraction of sp³-hybridized carbons (Fsp3) is 0.100. The third kappa shape index (κ3) is 3.26. The van der Waals surface area contributed by atoms with Crippen molar-refractivity contribution in [2.75, 3.05) is 14.2 Å². The summed E-state index contributed by atoms with van der Waals surface area (Å²) < 4.78 is 13.4. The van der Waals surface area contributed by atoms with E-state index in [1.165, 1.54) is 0 Å². The van der Waals surface area contributed by atoms with Crippen molar-refractivity contribution in [2.45, 2.75) is 0 Å². The summed E-state index contributed by atoms with van der Waals surface area (Å²) in [5.41, 5.74) is 0. The van der Waals surface area contributed by atoms with Crippen molar-refractivity contribution >= 4 is 43.2 Å². The van der Waals surface area contributed by atoms with Crippen LogP contribution in [0.1, 0.15) is 0 Å². The second kappa shape index (κ2) is 7.15. The van der Waals surface area contributed by atoms with Crippen LogP contribution >= 0.6 is 17.0 Å². The second-order valence-electron chi connectivity index (χ2n) is 5.64. The molecular formula is C20H19BiCl2O2. The fourth-order valence-electron chi connectivity index (χ4n) is 2.82. The quantitative estimate of drug-likeness (QED) is 0.437. The molecule has 0 atom stereocenters. The predicted molar refractivity (Wildman–Crippen MR) is 109 cm³/mol. The van der Waals surface area contributed by atoms with Gasteiger partial charge in [-0.2, -0.15) is 0 Å². The molecule has 0 aliphatic carbocycles. The van der Waals surface area contributed by atoms with Gasteiger partial charge in [0.2, 0.25) is 0 Å². The maximum absolute atomic E-state index is 7.46. The Balaban J connectivity index is 2.26. The molecule has 0 saturated carbocycles. The standard InChI is InChI=1S/2C7H7O.C6H5.Bi.2ClH/c2*1-8-7-5-3-2-4-6-7;1-2-4-6-5-3-1;;;/h2*3-6H,1H3;1-5H;;2*1H/q;;;+2;;/p-2. The molecule has 3 aromatic carbocycles. The molecule has 0 N–H and O–H groups in total. The number of hydrogen-bond donors (Lipinski definition) is 0. The van der Waals surface area contributed by atoms with Gasteiger partial charge in [-0.15, -0.1) is 0 Å². The van der Waals surface area contributed by atoms with Gasteiger partial charge in [0.05, 0.1) is 0 Å². The van der Waals surface area contributed by atoms with Gasteiger partial charge in [-0.05, 0) is 0 Å². The Morgan fingerprint density at radius 3 is 1.28 bits per heavy atom. The van der Waals surface area contributed by atoms with E-state index in [2.05, 4.69) is 0 Å². The Morgan fingerprint density at radius 2 is 0.920 bits per heavy atom. The van der Waals surface area contributed by atoms with Crippen LogP contribution in [0.5, 0.6) is 11.5 Å². The second-order valence-corrected chi connectivity index (χ2v) is 32.1. The zero-order valence-electron chi connectivity index (χ0n) is 14.0. The van der Waals surface area contributed by atoms with E-state index in [1.54, 1.807) is 14.2 Å². The van der Waals surface area contributed by atoms with Crippen LogP contribution in [0.15, 0.2) is 78.9 Å². The molecule has 0 aromatic heterocycles. The monoisotopic (exact) mass is 570 g/mol. The van der Waals surface area contributed by atoms with E-state index < -0.39 is 16.4 Å². The molecule has 0 bridgehead atoms. The van der Waals surface area contributed by atoms with Gasteiger partial charge < -0.3 is 0 Å². The van der Waals surface area contributed by atoms with E-state index in [0.717, 1.165) is 21.3 Å². The van der Waals surface area contributed by atoms with Crippen LogP contribution in [0, 0.1) is 0 Å². The molecule has 0 unspecified atom stereocenters. The maximum atomic E-state index is 7.46. The molecular weight excluding hydrogens is 552 g/mol. The van der Waals surface area contributed by atoms with Crippen LogP contribution in [-0.4, -0.2) is 30.6 Å². The average Bonchev–Trinajstić information content (AvgIpc) is 2.69. The summed E-state index contributed by atoms with van der Waals surface area (Å²) in [6, 6.07) is 25.5. The van der Waals surface area contributed by atoms with E-state index in [0.29, 0.717) is 0 Å². The first-order valence-electron chi connectivity index (χ1n) is 7.79. The number of benzene rings is 3. The molecule has 0 saturated heterocycles. The summed E-state index contributed by atoms with van der Waals surface area (Å²) in [4.78, 5) is 0. The first kappa shape index (κ1) is 18.5. The molecule has 0 spiro atoms. The zero-order valence-corrected chi connectivity index (χ0v) is 19.0.